The zero-order chi connectivity index (χ0) is 18.8. The molecule has 0 radical (unpaired) electrons. The Labute approximate surface area is 163 Å². The quantitative estimate of drug-likeness (QED) is 0.461. The van der Waals surface area contributed by atoms with Gasteiger partial charge in [-0.1, -0.05) is 11.6 Å². The zero-order valence-corrected chi connectivity index (χ0v) is 16.7. The van der Waals surface area contributed by atoms with Crippen LogP contribution in [0, 0.1) is 6.92 Å². The van der Waals surface area contributed by atoms with Crippen molar-refractivity contribution in [2.75, 3.05) is 13.4 Å². The Morgan fingerprint density at radius 2 is 1.92 bits per heavy atom. The van der Waals surface area contributed by atoms with Crippen molar-refractivity contribution in [2.24, 2.45) is 0 Å². The predicted molar refractivity (Wildman–Crippen MR) is 105 cm³/mol. The van der Waals surface area contributed by atoms with E-state index in [9.17, 15) is 9.59 Å². The van der Waals surface area contributed by atoms with E-state index in [1.54, 1.807) is 36.5 Å². The smallest absolute Gasteiger partial charge is 0.348 e. The molecule has 3 aromatic rings. The highest BCUT2D eigenvalue weighted by Gasteiger charge is 2.23. The molecule has 26 heavy (non-hydrogen) atoms. The summed E-state index contributed by atoms with van der Waals surface area (Å²) in [5.41, 5.74) is 2.79. The molecule has 0 spiro atoms. The number of hydrogen-bond donors (Lipinski definition) is 0. The van der Waals surface area contributed by atoms with E-state index >= 15 is 0 Å². The first-order chi connectivity index (χ1) is 12.5. The lowest BCUT2D eigenvalue weighted by Crippen LogP contribution is -2.12. The molecule has 3 rings (SSSR count). The van der Waals surface area contributed by atoms with Gasteiger partial charge in [0.05, 0.1) is 17.0 Å². The van der Waals surface area contributed by atoms with Gasteiger partial charge in [-0.15, -0.1) is 23.1 Å². The fraction of sp³-hybridized carbons (Fsp3) is 0.167. The molecule has 0 saturated heterocycles. The molecule has 0 unspecified atom stereocenters. The van der Waals surface area contributed by atoms with E-state index in [0.717, 1.165) is 15.3 Å². The van der Waals surface area contributed by atoms with Crippen molar-refractivity contribution in [3.8, 4) is 11.3 Å². The van der Waals surface area contributed by atoms with E-state index in [-0.39, 0.29) is 11.9 Å². The molecule has 0 aliphatic rings. The lowest BCUT2D eigenvalue weighted by molar-refractivity contribution is 0.0605. The molecule has 8 heteroatoms. The van der Waals surface area contributed by atoms with Gasteiger partial charge in [0.25, 0.3) is 5.91 Å². The molecule has 2 heterocycles. The van der Waals surface area contributed by atoms with E-state index in [0.29, 0.717) is 21.2 Å². The van der Waals surface area contributed by atoms with Crippen LogP contribution in [0.5, 0.6) is 0 Å². The summed E-state index contributed by atoms with van der Waals surface area (Å²) in [5, 5.41) is 4.99. The maximum atomic E-state index is 12.6. The van der Waals surface area contributed by atoms with Crippen molar-refractivity contribution in [2.45, 2.75) is 11.1 Å². The highest BCUT2D eigenvalue weighted by Crippen LogP contribution is 2.41. The molecule has 0 atom stereocenters. The van der Waals surface area contributed by atoms with Gasteiger partial charge in [0.1, 0.15) is 4.88 Å². The van der Waals surface area contributed by atoms with E-state index in [1.165, 1.54) is 34.9 Å². The van der Waals surface area contributed by atoms with Gasteiger partial charge in [-0.25, -0.2) is 9.48 Å². The van der Waals surface area contributed by atoms with Gasteiger partial charge in [-0.05, 0) is 49.1 Å². The van der Waals surface area contributed by atoms with Crippen LogP contribution in [0.3, 0.4) is 0 Å². The van der Waals surface area contributed by atoms with Crippen LogP contribution in [-0.4, -0.2) is 35.0 Å². The molecule has 2 aromatic heterocycles. The second-order valence-corrected chi connectivity index (χ2v) is 7.90. The molecule has 0 fully saturated rings. The van der Waals surface area contributed by atoms with Crippen LogP contribution >= 0.6 is 34.7 Å². The third-order valence-corrected chi connectivity index (χ3v) is 6.46. The van der Waals surface area contributed by atoms with Gasteiger partial charge in [0, 0.05) is 22.3 Å². The molecular weight excluding hydrogens is 392 g/mol. The van der Waals surface area contributed by atoms with Crippen molar-refractivity contribution in [1.82, 2.24) is 9.78 Å². The van der Waals surface area contributed by atoms with Crippen molar-refractivity contribution in [3.05, 3.63) is 57.6 Å². The molecule has 134 valence electrons. The number of thioether (sulfide) groups is 1. The molecule has 5 nitrogen and oxygen atoms in total. The summed E-state index contributed by atoms with van der Waals surface area (Å²) in [5.74, 6) is -0.620. The SMILES string of the molecule is COC(=O)c1sc(SC)c(-c2ccn(C(=O)c3ccc(Cl)cc3)n2)c1C. The number of methoxy groups -OCH3 is 1. The highest BCUT2D eigenvalue weighted by molar-refractivity contribution is 8.00. The van der Waals surface area contributed by atoms with Gasteiger partial charge in [0.15, 0.2) is 0 Å². The number of nitrogens with zero attached hydrogens (tertiary/aromatic N) is 2. The number of aromatic nitrogens is 2. The minimum absolute atomic E-state index is 0.250. The molecule has 0 N–H and O–H groups in total. The number of benzene rings is 1. The molecular formula is C18H15ClN2O3S2. The van der Waals surface area contributed by atoms with E-state index in [4.69, 9.17) is 16.3 Å². The number of carbonyl (C=O) groups excluding carboxylic acids is 2. The van der Waals surface area contributed by atoms with Crippen LogP contribution in [-0.2, 0) is 4.74 Å². The summed E-state index contributed by atoms with van der Waals surface area (Å²) in [4.78, 5) is 25.1. The Hall–Kier alpha value is -2.09. The second kappa shape index (κ2) is 7.65. The fourth-order valence-electron chi connectivity index (χ4n) is 2.51. The highest BCUT2D eigenvalue weighted by atomic mass is 35.5. The standard InChI is InChI=1S/C18H15ClN2O3S2/c1-10-14(18(25-3)26-15(10)17(23)24-2)13-8-9-21(20-13)16(22)11-4-6-12(19)7-5-11/h4-9H,1-3H3. The number of ether oxygens (including phenoxy) is 1. The minimum Gasteiger partial charge on any atom is -0.465 e. The lowest BCUT2D eigenvalue weighted by atomic mass is 10.1. The first-order valence-corrected chi connectivity index (χ1v) is 10.00. The summed E-state index contributed by atoms with van der Waals surface area (Å²) in [6.45, 7) is 1.86. The van der Waals surface area contributed by atoms with Crippen LogP contribution in [0.15, 0.2) is 40.7 Å². The summed E-state index contributed by atoms with van der Waals surface area (Å²) in [6.07, 6.45) is 3.55. The topological polar surface area (TPSA) is 61.2 Å². The minimum atomic E-state index is -0.370. The predicted octanol–water partition coefficient (Wildman–Crippen LogP) is 4.77. The molecule has 0 aliphatic heterocycles. The van der Waals surface area contributed by atoms with E-state index < -0.39 is 0 Å². The Morgan fingerprint density at radius 1 is 1.23 bits per heavy atom. The van der Waals surface area contributed by atoms with E-state index in [2.05, 4.69) is 5.10 Å². The van der Waals surface area contributed by atoms with Crippen LogP contribution in [0.2, 0.25) is 5.02 Å². The maximum absolute atomic E-state index is 12.6. The lowest BCUT2D eigenvalue weighted by Gasteiger charge is -2.02. The van der Waals surface area contributed by atoms with Crippen molar-refractivity contribution >= 4 is 46.6 Å². The maximum Gasteiger partial charge on any atom is 0.348 e. The average molecular weight is 407 g/mol. The third-order valence-electron chi connectivity index (χ3n) is 3.82. The monoisotopic (exact) mass is 406 g/mol. The molecule has 0 amide bonds. The summed E-state index contributed by atoms with van der Waals surface area (Å²) < 4.78 is 7.09. The molecule has 0 aliphatic carbocycles. The van der Waals surface area contributed by atoms with Gasteiger partial charge in [-0.2, -0.15) is 5.10 Å². The summed E-state index contributed by atoms with van der Waals surface area (Å²) in [6, 6.07) is 8.41. The third kappa shape index (κ3) is 3.42. The van der Waals surface area contributed by atoms with Gasteiger partial charge >= 0.3 is 5.97 Å². The van der Waals surface area contributed by atoms with Crippen molar-refractivity contribution in [3.63, 3.8) is 0 Å². The first-order valence-electron chi connectivity index (χ1n) is 7.58. The first kappa shape index (κ1) is 18.7. The fourth-order valence-corrected chi connectivity index (χ4v) is 4.65. The number of hydrogen-bond acceptors (Lipinski definition) is 6. The van der Waals surface area contributed by atoms with Crippen LogP contribution in [0.1, 0.15) is 25.6 Å². The van der Waals surface area contributed by atoms with Gasteiger partial charge in [-0.3, -0.25) is 4.79 Å². The molecule has 1 aromatic carbocycles. The molecule has 0 bridgehead atoms. The summed E-state index contributed by atoms with van der Waals surface area (Å²) in [7, 11) is 1.36. The summed E-state index contributed by atoms with van der Waals surface area (Å²) >= 11 is 8.76. The number of halogens is 1. The van der Waals surface area contributed by atoms with E-state index in [1.807, 2.05) is 13.2 Å². The number of carbonyl (C=O) groups is 2. The van der Waals surface area contributed by atoms with Crippen molar-refractivity contribution in [1.29, 1.82) is 0 Å². The number of esters is 1. The Morgan fingerprint density at radius 3 is 2.54 bits per heavy atom. The zero-order valence-electron chi connectivity index (χ0n) is 14.3. The number of thiophene rings is 1. The normalized spacial score (nSPS) is 10.8. The van der Waals surface area contributed by atoms with Gasteiger partial charge < -0.3 is 4.74 Å². The Bertz CT molecular complexity index is 977. The second-order valence-electron chi connectivity index (χ2n) is 5.37. The Balaban J connectivity index is 2.00. The van der Waals surface area contributed by atoms with Gasteiger partial charge in [0.2, 0.25) is 0 Å². The average Bonchev–Trinajstić information content (AvgIpc) is 3.25. The van der Waals surface area contributed by atoms with Crippen molar-refractivity contribution < 1.29 is 14.3 Å². The Kier molecular flexibility index (Phi) is 5.50. The molecule has 0 saturated carbocycles. The van der Waals surface area contributed by atoms with Crippen LogP contribution in [0.25, 0.3) is 11.3 Å². The van der Waals surface area contributed by atoms with Crippen LogP contribution < -0.4 is 0 Å². The number of rotatable bonds is 4. The van der Waals surface area contributed by atoms with Crippen LogP contribution in [0.4, 0.5) is 0 Å². The largest absolute Gasteiger partial charge is 0.465 e.